The van der Waals surface area contributed by atoms with Gasteiger partial charge in [0.25, 0.3) is 0 Å². The molecule has 1 unspecified atom stereocenters. The summed E-state index contributed by atoms with van der Waals surface area (Å²) >= 11 is 0. The van der Waals surface area contributed by atoms with Gasteiger partial charge in [0.2, 0.25) is 0 Å². The Hall–Kier alpha value is -2.61. The third-order valence-electron chi connectivity index (χ3n) is 14.0. The number of aliphatic hydroxyl groups excluding tert-OH is 1. The number of rotatable bonds is 7. The van der Waals surface area contributed by atoms with E-state index in [1.54, 1.807) is 34.3 Å². The summed E-state index contributed by atoms with van der Waals surface area (Å²) in [5.74, 6) is -2.22. The van der Waals surface area contributed by atoms with Crippen molar-refractivity contribution in [3.05, 3.63) is 72.7 Å². The molecule has 3 aliphatic heterocycles. The van der Waals surface area contributed by atoms with E-state index in [4.69, 9.17) is 29.4 Å². The zero-order chi connectivity index (χ0) is 44.0. The van der Waals surface area contributed by atoms with Crippen LogP contribution in [0.1, 0.15) is 112 Å². The van der Waals surface area contributed by atoms with E-state index >= 15 is 0 Å². The van der Waals surface area contributed by atoms with Crippen LogP contribution >= 0.6 is 0 Å². The first-order valence-electron chi connectivity index (χ1n) is 21.8. The summed E-state index contributed by atoms with van der Waals surface area (Å²) in [5, 5.41) is 35.4. The molecule has 0 amide bonds. The first kappa shape index (κ1) is 49.0. The van der Waals surface area contributed by atoms with Gasteiger partial charge in [-0.15, -0.1) is 6.58 Å². The average Bonchev–Trinajstić information content (AvgIpc) is 3.19. The third kappa shape index (κ3) is 11.1. The fraction of sp³-hybridized carbons (Fsp3) is 0.729. The number of fused-ring (bicyclic) bond motifs is 3. The molecule has 0 aromatic heterocycles. The van der Waals surface area contributed by atoms with Gasteiger partial charge in [-0.05, 0) is 109 Å². The van der Waals surface area contributed by atoms with Crippen LogP contribution < -0.4 is 5.73 Å². The van der Waals surface area contributed by atoms with Crippen LogP contribution in [0.2, 0.25) is 0 Å². The Balaban J connectivity index is 1.81. The minimum Gasteiger partial charge on any atom is -0.487 e. The Labute approximate surface area is 355 Å². The fourth-order valence-electron chi connectivity index (χ4n) is 10.3. The van der Waals surface area contributed by atoms with Gasteiger partial charge in [-0.1, -0.05) is 57.4 Å². The summed E-state index contributed by atoms with van der Waals surface area (Å²) < 4.78 is 31.7. The van der Waals surface area contributed by atoms with Crippen molar-refractivity contribution in [2.24, 2.45) is 29.4 Å². The normalized spacial score (nSPS) is 42.5. The lowest BCUT2D eigenvalue weighted by Gasteiger charge is -2.55. The quantitative estimate of drug-likeness (QED) is 0.195. The van der Waals surface area contributed by atoms with Crippen molar-refractivity contribution in [1.29, 1.82) is 0 Å². The summed E-state index contributed by atoms with van der Waals surface area (Å²) in [7, 11) is 4.94. The molecule has 59 heavy (non-hydrogen) atoms. The molecule has 2 bridgehead atoms. The lowest BCUT2D eigenvalue weighted by molar-refractivity contribution is -0.341. The molecule has 14 atom stereocenters. The van der Waals surface area contributed by atoms with E-state index in [0.717, 1.165) is 30.4 Å². The second-order valence-electron chi connectivity index (χ2n) is 18.7. The van der Waals surface area contributed by atoms with Crippen LogP contribution in [0.4, 0.5) is 0 Å². The number of hydrogen-bond donors (Lipinski definition) is 4. The molecule has 0 radical (unpaired) electrons. The lowest BCUT2D eigenvalue weighted by atomic mass is 9.74. The van der Waals surface area contributed by atoms with Crippen LogP contribution in [0.15, 0.2) is 72.7 Å². The fourth-order valence-corrected chi connectivity index (χ4v) is 10.3. The lowest BCUT2D eigenvalue weighted by Crippen LogP contribution is -2.65. The highest BCUT2D eigenvalue weighted by atomic mass is 16.7. The van der Waals surface area contributed by atoms with Crippen molar-refractivity contribution < 1.29 is 43.8 Å². The number of Topliss-reactive ketones (excluding diaryl/α,β-unsaturated/α-hetero) is 1. The van der Waals surface area contributed by atoms with Crippen molar-refractivity contribution in [1.82, 2.24) is 4.90 Å². The van der Waals surface area contributed by atoms with Gasteiger partial charge in [0, 0.05) is 57.4 Å². The molecule has 334 valence electrons. The minimum atomic E-state index is -1.79. The second-order valence-corrected chi connectivity index (χ2v) is 18.7. The van der Waals surface area contributed by atoms with Gasteiger partial charge in [0.15, 0.2) is 5.79 Å². The predicted molar refractivity (Wildman–Crippen MR) is 233 cm³/mol. The molecule has 0 aromatic carbocycles. The summed E-state index contributed by atoms with van der Waals surface area (Å²) in [6.07, 6.45) is 8.98. The predicted octanol–water partition coefficient (Wildman–Crippen LogP) is 7.07. The number of ether oxygens (including phenoxy) is 5. The van der Waals surface area contributed by atoms with Crippen LogP contribution in [-0.4, -0.2) is 113 Å². The van der Waals surface area contributed by atoms with Crippen molar-refractivity contribution in [2.45, 2.75) is 172 Å². The largest absolute Gasteiger partial charge is 0.487 e. The molecular weight excluding hydrogens is 749 g/mol. The van der Waals surface area contributed by atoms with Gasteiger partial charge in [0.05, 0.1) is 42.1 Å². The van der Waals surface area contributed by atoms with Crippen molar-refractivity contribution in [3.8, 4) is 0 Å². The topological polar surface area (TPSA) is 153 Å². The number of carbonyl (C=O) groups is 1. The summed E-state index contributed by atoms with van der Waals surface area (Å²) in [4.78, 5) is 16.1. The number of allylic oxidation sites excluding steroid dienone is 4. The van der Waals surface area contributed by atoms with Gasteiger partial charge >= 0.3 is 0 Å². The van der Waals surface area contributed by atoms with E-state index in [-0.39, 0.29) is 42.3 Å². The van der Waals surface area contributed by atoms with Crippen LogP contribution in [-0.2, 0) is 28.5 Å². The first-order chi connectivity index (χ1) is 27.7. The van der Waals surface area contributed by atoms with Crippen LogP contribution in [0.5, 0.6) is 0 Å². The number of methoxy groups -OCH3 is 3. The molecule has 1 aliphatic carbocycles. The molecule has 4 rings (SSSR count). The third-order valence-corrected chi connectivity index (χ3v) is 14.0. The summed E-state index contributed by atoms with van der Waals surface area (Å²) in [5.41, 5.74) is 7.66. The van der Waals surface area contributed by atoms with Gasteiger partial charge < -0.3 is 49.6 Å². The number of nitrogens with zero attached hydrogens (tertiary/aromatic N) is 1. The standard InChI is InChI=1S/C48H78N2O9/c1-14-17-37-23-29(2)22-30(3)24-42(56-12)47(10)43(57-13)26-32(5)48(54,59-47)33(6)34(7)50-21-16-15-18-38(50)35(8)58-45(44(49)40(52)28-39(37)51)31(4)25-36-19-20-46(9,53)41(27-36)55-11/h14,23,25,30,32,36-38,40-45,52-54H,1,6-8,15-22,24,26-28,49H2,2-5,9-13H3/b29-23+,31-25+/t30-,32+,36-,37+,38?,40-,41+,42-,43-,44+,45+,46-,47+,48+/m0/s1. The van der Waals surface area contributed by atoms with E-state index in [1.807, 2.05) is 33.8 Å². The molecule has 11 heteroatoms. The highest BCUT2D eigenvalue weighted by Gasteiger charge is 2.58. The van der Waals surface area contributed by atoms with Crippen LogP contribution in [0, 0.1) is 23.7 Å². The van der Waals surface area contributed by atoms with Crippen LogP contribution in [0.3, 0.4) is 0 Å². The van der Waals surface area contributed by atoms with Crippen molar-refractivity contribution in [2.75, 3.05) is 27.9 Å². The van der Waals surface area contributed by atoms with Crippen molar-refractivity contribution in [3.63, 3.8) is 0 Å². The van der Waals surface area contributed by atoms with E-state index in [1.165, 1.54) is 0 Å². The van der Waals surface area contributed by atoms with E-state index in [9.17, 15) is 20.1 Å². The van der Waals surface area contributed by atoms with Crippen molar-refractivity contribution >= 4 is 5.78 Å². The van der Waals surface area contributed by atoms with Gasteiger partial charge in [-0.3, -0.25) is 4.79 Å². The summed E-state index contributed by atoms with van der Waals surface area (Å²) in [6, 6.07) is -1.34. The van der Waals surface area contributed by atoms with E-state index in [2.05, 4.69) is 44.2 Å². The minimum absolute atomic E-state index is 0.0641. The maximum Gasteiger partial charge on any atom is 0.197 e. The van der Waals surface area contributed by atoms with E-state index in [0.29, 0.717) is 68.5 Å². The number of piperidine rings is 1. The average molecular weight is 827 g/mol. The molecule has 1 saturated carbocycles. The molecule has 0 aromatic rings. The smallest absolute Gasteiger partial charge is 0.197 e. The SMILES string of the molecule is C=CC[C@@H]1/C=C(\C)C[C@H](C)C[C@H](OC)[C@@]2(C)O[C@@](O)(C(=C)C(=C)N3CCCCC3C(=C)O[C@H](/C(C)=C/[C@@H]3CC[C@](C)(O)[C@H](OC)C3)[C@H](N)[C@@H](O)CC1=O)[C@H](C)C[C@@H]2OC. The molecule has 11 nitrogen and oxygen atoms in total. The maximum atomic E-state index is 14.0. The van der Waals surface area contributed by atoms with E-state index < -0.39 is 53.2 Å². The number of ketones is 1. The Morgan fingerprint density at radius 3 is 2.27 bits per heavy atom. The number of aliphatic hydroxyl groups is 3. The Morgan fingerprint density at radius 1 is 1.00 bits per heavy atom. The number of hydrogen-bond acceptors (Lipinski definition) is 11. The monoisotopic (exact) mass is 827 g/mol. The zero-order valence-corrected chi connectivity index (χ0v) is 37.7. The Kier molecular flexibility index (Phi) is 17.0. The highest BCUT2D eigenvalue weighted by molar-refractivity contribution is 5.83. The molecule has 3 heterocycles. The molecule has 4 aliphatic rings. The van der Waals surface area contributed by atoms with Gasteiger partial charge in [0.1, 0.15) is 23.2 Å². The molecule has 2 saturated heterocycles. The van der Waals surface area contributed by atoms with Crippen LogP contribution in [0.25, 0.3) is 0 Å². The number of nitrogens with two attached hydrogens (primary N) is 1. The highest BCUT2D eigenvalue weighted by Crippen LogP contribution is 2.48. The Morgan fingerprint density at radius 2 is 1.64 bits per heavy atom. The molecular formula is C48H78N2O9. The molecule has 0 spiro atoms. The van der Waals surface area contributed by atoms with Gasteiger partial charge in [-0.25, -0.2) is 0 Å². The first-order valence-corrected chi connectivity index (χ1v) is 21.8. The van der Waals surface area contributed by atoms with Gasteiger partial charge in [-0.2, -0.15) is 0 Å². The summed E-state index contributed by atoms with van der Waals surface area (Å²) in [6.45, 7) is 29.7. The molecule has 5 N–H and O–H groups in total. The number of carbonyl (C=O) groups excluding carboxylic acids is 1. The second kappa shape index (κ2) is 20.5. The maximum absolute atomic E-state index is 14.0. The Bertz CT molecular complexity index is 1570. The zero-order valence-electron chi connectivity index (χ0n) is 37.7. The molecule has 3 fully saturated rings.